The lowest BCUT2D eigenvalue weighted by Gasteiger charge is -2.52. The van der Waals surface area contributed by atoms with E-state index in [-0.39, 0.29) is 17.5 Å². The number of hydrogen-bond acceptors (Lipinski definition) is 5. The van der Waals surface area contributed by atoms with Crippen LogP contribution in [0.2, 0.25) is 0 Å². The van der Waals surface area contributed by atoms with Crippen LogP contribution in [-0.4, -0.2) is 50.2 Å². The largest absolute Gasteiger partial charge is 0.346 e. The smallest absolute Gasteiger partial charge is 0.261 e. The Morgan fingerprint density at radius 1 is 1.27 bits per heavy atom. The van der Waals surface area contributed by atoms with Crippen LogP contribution in [0.4, 0.5) is 0 Å². The summed E-state index contributed by atoms with van der Waals surface area (Å²) in [5.74, 6) is 0.517. The summed E-state index contributed by atoms with van der Waals surface area (Å²) < 4.78 is 24.7. The Hall–Kier alpha value is -1.44. The van der Waals surface area contributed by atoms with Crippen LogP contribution in [0.3, 0.4) is 0 Å². The summed E-state index contributed by atoms with van der Waals surface area (Å²) in [4.78, 5) is 16.4. The summed E-state index contributed by atoms with van der Waals surface area (Å²) in [5.41, 5.74) is 0.200. The molecule has 2 bridgehead atoms. The Bertz CT molecular complexity index is 999. The Morgan fingerprint density at radius 2 is 2.00 bits per heavy atom. The fraction of sp³-hybridized carbons (Fsp3) is 0.526. The quantitative estimate of drug-likeness (QED) is 0.875. The predicted molar refractivity (Wildman–Crippen MR) is 102 cm³/mol. The molecule has 1 spiro atoms. The van der Waals surface area contributed by atoms with E-state index in [0.29, 0.717) is 20.4 Å². The number of fused-ring (bicyclic) bond motifs is 3. The van der Waals surface area contributed by atoms with Crippen LogP contribution < -0.4 is 5.32 Å². The van der Waals surface area contributed by atoms with E-state index in [0.717, 1.165) is 31.3 Å². The number of benzene rings is 1. The van der Waals surface area contributed by atoms with Gasteiger partial charge in [0.15, 0.2) is 9.84 Å². The van der Waals surface area contributed by atoms with Crippen molar-refractivity contribution in [2.45, 2.75) is 42.2 Å². The van der Waals surface area contributed by atoms with Crippen molar-refractivity contribution in [2.24, 2.45) is 5.92 Å². The third-order valence-electron chi connectivity index (χ3n) is 6.40. The van der Waals surface area contributed by atoms with Gasteiger partial charge in [-0.15, -0.1) is 11.3 Å². The summed E-state index contributed by atoms with van der Waals surface area (Å²) in [6, 6.07) is 7.28. The van der Waals surface area contributed by atoms with Crippen LogP contribution in [0.5, 0.6) is 0 Å². The van der Waals surface area contributed by atoms with Crippen molar-refractivity contribution in [3.63, 3.8) is 0 Å². The molecule has 26 heavy (non-hydrogen) atoms. The summed E-state index contributed by atoms with van der Waals surface area (Å²) in [6.45, 7) is 2.33. The summed E-state index contributed by atoms with van der Waals surface area (Å²) in [7, 11) is -3.31. The maximum Gasteiger partial charge on any atom is 0.261 e. The zero-order chi connectivity index (χ0) is 18.1. The molecule has 3 saturated heterocycles. The number of piperidine rings is 3. The number of carbonyl (C=O) groups is 1. The number of sulfone groups is 1. The molecule has 1 atom stereocenters. The van der Waals surface area contributed by atoms with Gasteiger partial charge in [0.1, 0.15) is 0 Å². The maximum atomic E-state index is 13.0. The lowest BCUT2D eigenvalue weighted by atomic mass is 9.77. The van der Waals surface area contributed by atoms with Crippen molar-refractivity contribution in [1.29, 1.82) is 0 Å². The predicted octanol–water partition coefficient (Wildman–Crippen LogP) is 2.66. The molecular formula is C19H22N2O3S2. The summed E-state index contributed by atoms with van der Waals surface area (Å²) in [5, 5.41) is 4.14. The normalized spacial score (nSPS) is 29.2. The van der Waals surface area contributed by atoms with Crippen molar-refractivity contribution in [2.75, 3.05) is 19.3 Å². The van der Waals surface area contributed by atoms with Gasteiger partial charge in [-0.2, -0.15) is 0 Å². The molecular weight excluding hydrogens is 368 g/mol. The lowest BCUT2D eigenvalue weighted by molar-refractivity contribution is -0.00138. The number of thiophene rings is 1. The fourth-order valence-electron chi connectivity index (χ4n) is 4.97. The third kappa shape index (κ3) is 2.44. The highest BCUT2D eigenvalue weighted by atomic mass is 32.2. The van der Waals surface area contributed by atoms with E-state index in [1.54, 1.807) is 12.1 Å². The number of nitrogens with zero attached hydrogens (tertiary/aromatic N) is 1. The SMILES string of the molecule is CS(=O)(=O)c1cccc2cc(C(=O)N[C@H]3C4CCN(CC4)C34CC4)sc12. The summed E-state index contributed by atoms with van der Waals surface area (Å²) >= 11 is 1.28. The van der Waals surface area contributed by atoms with Crippen LogP contribution in [0.15, 0.2) is 29.2 Å². The average molecular weight is 391 g/mol. The van der Waals surface area contributed by atoms with Gasteiger partial charge in [-0.05, 0) is 62.2 Å². The third-order valence-corrected chi connectivity index (χ3v) is 8.85. The zero-order valence-corrected chi connectivity index (χ0v) is 16.3. The standard InChI is InChI=1S/C19H22N2O3S2/c1-26(23,24)15-4-2-3-13-11-14(25-16(13)15)18(22)20-17-12-5-9-21(10-6-12)19(17)7-8-19/h2-4,11-12,17H,5-10H2,1H3,(H,20,22)/t17-/m0/s1. The number of nitrogens with one attached hydrogen (secondary N) is 1. The number of carbonyl (C=O) groups excluding carboxylic acids is 1. The van der Waals surface area contributed by atoms with Gasteiger partial charge in [-0.3, -0.25) is 9.69 Å². The van der Waals surface area contributed by atoms with E-state index >= 15 is 0 Å². The first-order valence-electron chi connectivity index (χ1n) is 9.17. The van der Waals surface area contributed by atoms with E-state index in [1.165, 1.54) is 30.4 Å². The van der Waals surface area contributed by atoms with Gasteiger partial charge in [-0.25, -0.2) is 8.42 Å². The molecule has 6 rings (SSSR count). The molecule has 1 aromatic heterocycles. The van der Waals surface area contributed by atoms with E-state index in [9.17, 15) is 13.2 Å². The van der Waals surface area contributed by atoms with Crippen molar-refractivity contribution < 1.29 is 13.2 Å². The van der Waals surface area contributed by atoms with Gasteiger partial charge in [0.05, 0.1) is 20.5 Å². The van der Waals surface area contributed by atoms with Gasteiger partial charge < -0.3 is 5.32 Å². The van der Waals surface area contributed by atoms with Crippen LogP contribution in [0.25, 0.3) is 10.1 Å². The van der Waals surface area contributed by atoms with E-state index in [2.05, 4.69) is 10.2 Å². The molecule has 1 N–H and O–H groups in total. The van der Waals surface area contributed by atoms with Gasteiger partial charge in [0.25, 0.3) is 5.91 Å². The van der Waals surface area contributed by atoms with Crippen LogP contribution in [0.1, 0.15) is 35.4 Å². The van der Waals surface area contributed by atoms with E-state index < -0.39 is 9.84 Å². The first kappa shape index (κ1) is 16.7. The van der Waals surface area contributed by atoms with Gasteiger partial charge in [0, 0.05) is 11.8 Å². The molecule has 1 saturated carbocycles. The van der Waals surface area contributed by atoms with Gasteiger partial charge >= 0.3 is 0 Å². The second kappa shape index (κ2) is 5.53. The molecule has 7 heteroatoms. The lowest BCUT2D eigenvalue weighted by Crippen LogP contribution is -2.65. The van der Waals surface area contributed by atoms with Crippen molar-refractivity contribution in [3.8, 4) is 0 Å². The molecule has 2 aromatic rings. The Labute approximate surface area is 157 Å². The van der Waals surface area contributed by atoms with Gasteiger partial charge in [-0.1, -0.05) is 12.1 Å². The molecule has 1 aromatic carbocycles. The van der Waals surface area contributed by atoms with Crippen molar-refractivity contribution in [3.05, 3.63) is 29.1 Å². The maximum absolute atomic E-state index is 13.0. The van der Waals surface area contributed by atoms with Crippen molar-refractivity contribution >= 4 is 37.2 Å². The second-order valence-corrected chi connectivity index (χ2v) is 11.0. The van der Waals surface area contributed by atoms with E-state index in [1.807, 2.05) is 12.1 Å². The van der Waals surface area contributed by atoms with E-state index in [4.69, 9.17) is 0 Å². The van der Waals surface area contributed by atoms with Crippen LogP contribution in [0, 0.1) is 5.92 Å². The number of rotatable bonds is 3. The molecule has 5 nitrogen and oxygen atoms in total. The van der Waals surface area contributed by atoms with Crippen LogP contribution >= 0.6 is 11.3 Å². The Morgan fingerprint density at radius 3 is 2.65 bits per heavy atom. The molecule has 0 unspecified atom stereocenters. The highest BCUT2D eigenvalue weighted by molar-refractivity contribution is 7.91. The molecule has 1 amide bonds. The minimum Gasteiger partial charge on any atom is -0.346 e. The molecule has 4 fully saturated rings. The first-order chi connectivity index (χ1) is 12.4. The van der Waals surface area contributed by atoms with Gasteiger partial charge in [0.2, 0.25) is 0 Å². The molecule has 3 aliphatic heterocycles. The highest BCUT2D eigenvalue weighted by Crippen LogP contribution is 2.53. The zero-order valence-electron chi connectivity index (χ0n) is 14.7. The monoisotopic (exact) mass is 390 g/mol. The van der Waals surface area contributed by atoms with Crippen LogP contribution in [-0.2, 0) is 9.84 Å². The topological polar surface area (TPSA) is 66.5 Å². The molecule has 138 valence electrons. The molecule has 4 heterocycles. The highest BCUT2D eigenvalue weighted by Gasteiger charge is 2.60. The number of amides is 1. The Balaban J connectivity index is 1.46. The minimum absolute atomic E-state index is 0.0596. The molecule has 0 radical (unpaired) electrons. The fourth-order valence-corrected chi connectivity index (χ4v) is 7.30. The minimum atomic E-state index is -3.31. The Kier molecular flexibility index (Phi) is 3.56. The molecule has 1 aliphatic carbocycles. The number of hydrogen-bond donors (Lipinski definition) is 1. The molecule has 4 aliphatic rings. The average Bonchev–Trinajstić information content (AvgIpc) is 3.26. The first-order valence-corrected chi connectivity index (χ1v) is 11.9. The van der Waals surface area contributed by atoms with Crippen molar-refractivity contribution in [1.82, 2.24) is 10.2 Å². The second-order valence-electron chi connectivity index (χ2n) is 7.94. The summed E-state index contributed by atoms with van der Waals surface area (Å²) in [6.07, 6.45) is 5.90.